The van der Waals surface area contributed by atoms with Gasteiger partial charge in [0.15, 0.2) is 17.5 Å². The Morgan fingerprint density at radius 1 is 0.571 bits per heavy atom. The van der Waals surface area contributed by atoms with Gasteiger partial charge in [0.1, 0.15) is 18.1 Å². The fraction of sp³-hybridized carbons (Fsp3) is 0.600. The Bertz CT molecular complexity index is 1110. The number of hydrogen-bond donors (Lipinski definition) is 0. The molecule has 0 bridgehead atoms. The van der Waals surface area contributed by atoms with Gasteiger partial charge in [-0.05, 0) is 59.3 Å². The summed E-state index contributed by atoms with van der Waals surface area (Å²) in [6.45, 7) is 7.92. The van der Waals surface area contributed by atoms with Crippen LogP contribution in [0.2, 0.25) is 0 Å². The number of likely N-dealkylation sites (tertiary alicyclic amines) is 3. The van der Waals surface area contributed by atoms with Crippen LogP contribution < -0.4 is 0 Å². The molecule has 0 spiro atoms. The number of esters is 3. The van der Waals surface area contributed by atoms with Crippen molar-refractivity contribution in [2.75, 3.05) is 41.0 Å². The standard InChI is InChI=1S/C30H42N6O6/c1-19(16-34-13-7-10-22(34)28(37)40-4)25-31-26(20(2)17-35-14-8-11-23(35)29(38)41-5)33-27(32-25)21(3)18-36-15-9-12-24(36)30(39)42-6/h16-18,22-24H,7-15H2,1-6H3/b19-16-,20-17+,21-18+. The molecule has 42 heavy (non-hydrogen) atoms. The van der Waals surface area contributed by atoms with E-state index >= 15 is 0 Å². The maximum absolute atomic E-state index is 12.3. The third-order valence-corrected chi connectivity index (χ3v) is 8.07. The average Bonchev–Trinajstić information content (AvgIpc) is 3.77. The van der Waals surface area contributed by atoms with Gasteiger partial charge in [-0.2, -0.15) is 0 Å². The first-order chi connectivity index (χ1) is 20.2. The number of ether oxygens (including phenoxy) is 3. The molecule has 3 unspecified atom stereocenters. The maximum Gasteiger partial charge on any atom is 0.328 e. The summed E-state index contributed by atoms with van der Waals surface area (Å²) in [5, 5.41) is 0. The molecule has 0 amide bonds. The largest absolute Gasteiger partial charge is 0.467 e. The van der Waals surface area contributed by atoms with Crippen LogP contribution in [-0.2, 0) is 28.6 Å². The molecule has 3 aliphatic rings. The molecule has 228 valence electrons. The van der Waals surface area contributed by atoms with Gasteiger partial charge >= 0.3 is 17.9 Å². The quantitative estimate of drug-likeness (QED) is 0.314. The van der Waals surface area contributed by atoms with Gasteiger partial charge in [-0.3, -0.25) is 0 Å². The number of aromatic nitrogens is 3. The number of carbonyl (C=O) groups is 3. The van der Waals surface area contributed by atoms with Gasteiger partial charge in [0.05, 0.1) is 21.3 Å². The minimum absolute atomic E-state index is 0.261. The van der Waals surface area contributed by atoms with Crippen LogP contribution in [0.25, 0.3) is 16.7 Å². The highest BCUT2D eigenvalue weighted by Crippen LogP contribution is 2.26. The monoisotopic (exact) mass is 582 g/mol. The third kappa shape index (κ3) is 6.91. The molecule has 0 aromatic carbocycles. The highest BCUT2D eigenvalue weighted by Gasteiger charge is 2.32. The van der Waals surface area contributed by atoms with Crippen molar-refractivity contribution in [2.45, 2.75) is 77.4 Å². The Labute approximate surface area is 247 Å². The van der Waals surface area contributed by atoms with Crippen LogP contribution >= 0.6 is 0 Å². The summed E-state index contributed by atoms with van der Waals surface area (Å²) in [6, 6.07) is -1.03. The van der Waals surface area contributed by atoms with Gasteiger partial charge in [-0.15, -0.1) is 0 Å². The van der Waals surface area contributed by atoms with Crippen molar-refractivity contribution in [3.63, 3.8) is 0 Å². The van der Waals surface area contributed by atoms with Crippen LogP contribution in [-0.4, -0.2) is 107 Å². The first-order valence-corrected chi connectivity index (χ1v) is 14.5. The van der Waals surface area contributed by atoms with E-state index in [1.54, 1.807) is 0 Å². The lowest BCUT2D eigenvalue weighted by atomic mass is 10.2. The Kier molecular flexibility index (Phi) is 10.2. The Hall–Kier alpha value is -3.96. The topological polar surface area (TPSA) is 127 Å². The molecule has 12 nitrogen and oxygen atoms in total. The zero-order chi connectivity index (χ0) is 30.4. The highest BCUT2D eigenvalue weighted by atomic mass is 16.5. The molecule has 0 N–H and O–H groups in total. The average molecular weight is 583 g/mol. The zero-order valence-corrected chi connectivity index (χ0v) is 25.5. The molecule has 3 atom stereocenters. The molecule has 3 aliphatic heterocycles. The number of hydrogen-bond acceptors (Lipinski definition) is 12. The SMILES string of the molecule is COC(=O)C1CCCN1/C=C(/C)c1nc(/C(C)=C/N2CCCC2C(=O)OC)nc(/C(C)=C/N2CCCC2C(=O)OC)n1. The lowest BCUT2D eigenvalue weighted by Gasteiger charge is -2.22. The lowest BCUT2D eigenvalue weighted by Crippen LogP contribution is -2.33. The minimum Gasteiger partial charge on any atom is -0.467 e. The molecule has 0 radical (unpaired) electrons. The Morgan fingerprint density at radius 3 is 1.07 bits per heavy atom. The zero-order valence-electron chi connectivity index (χ0n) is 25.5. The molecule has 0 saturated carbocycles. The summed E-state index contributed by atoms with van der Waals surface area (Å²) in [6.07, 6.45) is 10.6. The summed E-state index contributed by atoms with van der Waals surface area (Å²) in [4.78, 5) is 57.3. The van der Waals surface area contributed by atoms with Gasteiger partial charge in [-0.1, -0.05) is 0 Å². The Balaban J connectivity index is 1.72. The van der Waals surface area contributed by atoms with E-state index in [9.17, 15) is 14.4 Å². The minimum atomic E-state index is -0.343. The molecule has 1 aromatic rings. The van der Waals surface area contributed by atoms with E-state index in [0.717, 1.165) is 74.9 Å². The van der Waals surface area contributed by atoms with Crippen molar-refractivity contribution >= 4 is 34.6 Å². The van der Waals surface area contributed by atoms with E-state index in [-0.39, 0.29) is 36.0 Å². The van der Waals surface area contributed by atoms with Crippen LogP contribution in [0.5, 0.6) is 0 Å². The molecular formula is C30H42N6O6. The molecule has 3 saturated heterocycles. The second-order valence-electron chi connectivity index (χ2n) is 11.0. The lowest BCUT2D eigenvalue weighted by molar-refractivity contribution is -0.145. The van der Waals surface area contributed by atoms with Crippen molar-refractivity contribution in [1.82, 2.24) is 29.7 Å². The predicted molar refractivity (Wildman–Crippen MR) is 156 cm³/mol. The molecule has 4 rings (SSSR count). The van der Waals surface area contributed by atoms with Gasteiger partial charge in [-0.25, -0.2) is 29.3 Å². The van der Waals surface area contributed by atoms with E-state index in [1.807, 2.05) is 54.1 Å². The summed E-state index contributed by atoms with van der Waals surface area (Å²) in [5.74, 6) is 0.640. The van der Waals surface area contributed by atoms with Gasteiger partial charge < -0.3 is 28.9 Å². The summed E-state index contributed by atoms with van der Waals surface area (Å²) < 4.78 is 15.0. The van der Waals surface area contributed by atoms with E-state index in [4.69, 9.17) is 29.2 Å². The fourth-order valence-electron chi connectivity index (χ4n) is 5.82. The number of carbonyl (C=O) groups excluding carboxylic acids is 3. The highest BCUT2D eigenvalue weighted by molar-refractivity contribution is 5.78. The maximum atomic E-state index is 12.3. The Morgan fingerprint density at radius 2 is 0.833 bits per heavy atom. The fourth-order valence-corrected chi connectivity index (χ4v) is 5.82. The van der Waals surface area contributed by atoms with Crippen LogP contribution in [0, 0.1) is 0 Å². The second kappa shape index (κ2) is 13.8. The molecule has 12 heteroatoms. The molecule has 1 aromatic heterocycles. The second-order valence-corrected chi connectivity index (χ2v) is 11.0. The molecule has 4 heterocycles. The van der Waals surface area contributed by atoms with Crippen molar-refractivity contribution in [2.24, 2.45) is 0 Å². The molecular weight excluding hydrogens is 540 g/mol. The van der Waals surface area contributed by atoms with Crippen molar-refractivity contribution in [1.29, 1.82) is 0 Å². The van der Waals surface area contributed by atoms with E-state index < -0.39 is 0 Å². The first-order valence-electron chi connectivity index (χ1n) is 14.5. The first kappa shape index (κ1) is 31.0. The van der Waals surface area contributed by atoms with Gasteiger partial charge in [0.2, 0.25) is 0 Å². The summed E-state index contributed by atoms with van der Waals surface area (Å²) in [7, 11) is 4.21. The van der Waals surface area contributed by atoms with Crippen LogP contribution in [0.4, 0.5) is 0 Å². The van der Waals surface area contributed by atoms with Crippen molar-refractivity contribution in [3.8, 4) is 0 Å². The van der Waals surface area contributed by atoms with Crippen LogP contribution in [0.3, 0.4) is 0 Å². The van der Waals surface area contributed by atoms with E-state index in [0.29, 0.717) is 17.5 Å². The van der Waals surface area contributed by atoms with E-state index in [1.165, 1.54) is 21.3 Å². The van der Waals surface area contributed by atoms with Crippen molar-refractivity contribution in [3.05, 3.63) is 36.1 Å². The van der Waals surface area contributed by atoms with E-state index in [2.05, 4.69) is 0 Å². The van der Waals surface area contributed by atoms with Gasteiger partial charge in [0.25, 0.3) is 0 Å². The number of rotatable bonds is 9. The smallest absolute Gasteiger partial charge is 0.328 e. The normalized spacial score (nSPS) is 23.4. The predicted octanol–water partition coefficient (Wildman–Crippen LogP) is 2.87. The van der Waals surface area contributed by atoms with Crippen LogP contribution in [0.15, 0.2) is 18.6 Å². The third-order valence-electron chi connectivity index (χ3n) is 8.07. The number of allylic oxidation sites excluding steroid dienone is 3. The van der Waals surface area contributed by atoms with Gasteiger partial charge in [0, 0.05) is 55.0 Å². The molecule has 3 fully saturated rings. The van der Waals surface area contributed by atoms with Crippen molar-refractivity contribution < 1.29 is 28.6 Å². The number of nitrogens with zero attached hydrogens (tertiary/aromatic N) is 6. The number of methoxy groups -OCH3 is 3. The summed E-state index contributed by atoms with van der Waals surface area (Å²) >= 11 is 0. The summed E-state index contributed by atoms with van der Waals surface area (Å²) in [5.41, 5.74) is 2.33. The molecule has 0 aliphatic carbocycles. The van der Waals surface area contributed by atoms with Crippen LogP contribution in [0.1, 0.15) is 76.8 Å².